The van der Waals surface area contributed by atoms with Crippen molar-refractivity contribution in [2.45, 2.75) is 46.2 Å². The molecule has 2 rings (SSSR count). The van der Waals surface area contributed by atoms with Crippen molar-refractivity contribution in [1.82, 2.24) is 15.6 Å². The fraction of sp³-hybridized carbons (Fsp3) is 0.389. The fourth-order valence-electron chi connectivity index (χ4n) is 2.10. The Hall–Kier alpha value is -2.83. The number of carbonyl (C=O) groups excluding carboxylic acids is 2. The Balaban J connectivity index is 1.81. The summed E-state index contributed by atoms with van der Waals surface area (Å²) in [5.74, 6) is 1.11. The van der Waals surface area contributed by atoms with E-state index in [2.05, 4.69) is 20.9 Å². The highest BCUT2D eigenvalue weighted by Gasteiger charge is 2.19. The van der Waals surface area contributed by atoms with Gasteiger partial charge in [0.15, 0.2) is 0 Å². The summed E-state index contributed by atoms with van der Waals surface area (Å²) in [6, 6.07) is 6.97. The maximum atomic E-state index is 11.9. The lowest BCUT2D eigenvalue weighted by atomic mass is 9.94. The lowest BCUT2D eigenvalue weighted by Gasteiger charge is -2.13. The number of carbonyl (C=O) groups is 2. The molecule has 1 aromatic carbocycles. The fourth-order valence-corrected chi connectivity index (χ4v) is 2.10. The molecule has 0 spiro atoms. The van der Waals surface area contributed by atoms with Gasteiger partial charge < -0.3 is 20.4 Å². The molecule has 0 unspecified atom stereocenters. The zero-order chi connectivity index (χ0) is 18.4. The maximum absolute atomic E-state index is 11.9. The molecule has 7 nitrogen and oxygen atoms in total. The predicted octanol–water partition coefficient (Wildman–Crippen LogP) is 2.93. The van der Waals surface area contributed by atoms with Gasteiger partial charge in [0.25, 0.3) is 0 Å². The van der Waals surface area contributed by atoms with Crippen LogP contribution in [0.15, 0.2) is 34.9 Å². The molecule has 3 N–H and O–H groups in total. The number of anilines is 1. The second-order valence-corrected chi connectivity index (χ2v) is 6.79. The first-order chi connectivity index (χ1) is 11.7. The zero-order valence-corrected chi connectivity index (χ0v) is 15.0. The van der Waals surface area contributed by atoms with E-state index in [9.17, 15) is 9.59 Å². The van der Waals surface area contributed by atoms with Gasteiger partial charge in [-0.1, -0.05) is 32.9 Å². The van der Waals surface area contributed by atoms with Gasteiger partial charge in [-0.15, -0.1) is 0 Å². The summed E-state index contributed by atoms with van der Waals surface area (Å²) in [7, 11) is 0. The minimum absolute atomic E-state index is 0.119. The first-order valence-electron chi connectivity index (χ1n) is 8.07. The third-order valence-corrected chi connectivity index (χ3v) is 3.39. The Morgan fingerprint density at radius 2 is 1.88 bits per heavy atom. The average Bonchev–Trinajstić information content (AvgIpc) is 3.00. The number of aromatic nitrogens is 1. The Morgan fingerprint density at radius 3 is 2.52 bits per heavy atom. The van der Waals surface area contributed by atoms with E-state index in [4.69, 9.17) is 4.42 Å². The molecule has 25 heavy (non-hydrogen) atoms. The molecule has 0 saturated heterocycles. The Kier molecular flexibility index (Phi) is 5.80. The summed E-state index contributed by atoms with van der Waals surface area (Å²) >= 11 is 0. The topological polar surface area (TPSA) is 96.3 Å². The minimum Gasteiger partial charge on any atom is -0.443 e. The van der Waals surface area contributed by atoms with Crippen molar-refractivity contribution >= 4 is 17.6 Å². The zero-order valence-electron chi connectivity index (χ0n) is 15.0. The van der Waals surface area contributed by atoms with E-state index in [1.807, 2.05) is 39.0 Å². The minimum atomic E-state index is -0.319. The molecule has 134 valence electrons. The number of nitrogens with one attached hydrogen (secondary N) is 3. The van der Waals surface area contributed by atoms with Gasteiger partial charge >= 0.3 is 6.03 Å². The Bertz CT molecular complexity index is 747. The van der Waals surface area contributed by atoms with Crippen molar-refractivity contribution < 1.29 is 14.0 Å². The van der Waals surface area contributed by atoms with E-state index in [1.54, 1.807) is 12.3 Å². The van der Waals surface area contributed by atoms with Crippen LogP contribution in [0.5, 0.6) is 0 Å². The highest BCUT2D eigenvalue weighted by molar-refractivity contribution is 5.88. The van der Waals surface area contributed by atoms with Crippen LogP contribution in [0.3, 0.4) is 0 Å². The number of rotatable bonds is 5. The Morgan fingerprint density at radius 1 is 1.16 bits per heavy atom. The SMILES string of the molecule is CC(=O)Nc1cccc(CNC(=O)NCc2ncc(C(C)(C)C)o2)c1. The van der Waals surface area contributed by atoms with Crippen molar-refractivity contribution in [2.24, 2.45) is 0 Å². The molecule has 2 aromatic rings. The quantitative estimate of drug-likeness (QED) is 0.777. The molecular formula is C18H24N4O3. The van der Waals surface area contributed by atoms with Gasteiger partial charge in [-0.25, -0.2) is 9.78 Å². The summed E-state index contributed by atoms with van der Waals surface area (Å²) in [5.41, 5.74) is 1.46. The smallest absolute Gasteiger partial charge is 0.315 e. The van der Waals surface area contributed by atoms with Crippen molar-refractivity contribution in [3.63, 3.8) is 0 Å². The first kappa shape index (κ1) is 18.5. The van der Waals surface area contributed by atoms with Crippen molar-refractivity contribution in [2.75, 3.05) is 5.32 Å². The largest absolute Gasteiger partial charge is 0.443 e. The third kappa shape index (κ3) is 5.95. The summed E-state index contributed by atoms with van der Waals surface area (Å²) in [4.78, 5) is 27.1. The Labute approximate surface area is 147 Å². The molecule has 3 amide bonds. The highest BCUT2D eigenvalue weighted by atomic mass is 16.4. The van der Waals surface area contributed by atoms with Gasteiger partial charge in [0.05, 0.1) is 12.7 Å². The molecule has 0 fully saturated rings. The van der Waals surface area contributed by atoms with Gasteiger partial charge in [0.2, 0.25) is 11.8 Å². The van der Waals surface area contributed by atoms with Crippen LogP contribution in [0, 0.1) is 0 Å². The van der Waals surface area contributed by atoms with E-state index in [1.165, 1.54) is 6.92 Å². The van der Waals surface area contributed by atoms with Crippen LogP contribution >= 0.6 is 0 Å². The van der Waals surface area contributed by atoms with Gasteiger partial charge in [-0.05, 0) is 17.7 Å². The number of nitrogens with zero attached hydrogens (tertiary/aromatic N) is 1. The van der Waals surface area contributed by atoms with Crippen LogP contribution < -0.4 is 16.0 Å². The number of benzene rings is 1. The normalized spacial score (nSPS) is 11.0. The summed E-state index contributed by atoms with van der Waals surface area (Å²) in [5, 5.41) is 8.17. The molecule has 1 heterocycles. The van der Waals surface area contributed by atoms with Crippen molar-refractivity contribution in [1.29, 1.82) is 0 Å². The van der Waals surface area contributed by atoms with Gasteiger partial charge in [0, 0.05) is 24.6 Å². The molecule has 0 saturated carbocycles. The molecule has 0 radical (unpaired) electrons. The highest BCUT2D eigenvalue weighted by Crippen LogP contribution is 2.22. The lowest BCUT2D eigenvalue weighted by Crippen LogP contribution is -2.34. The van der Waals surface area contributed by atoms with Crippen LogP contribution in [0.4, 0.5) is 10.5 Å². The van der Waals surface area contributed by atoms with Gasteiger partial charge in [-0.3, -0.25) is 4.79 Å². The van der Waals surface area contributed by atoms with E-state index in [0.29, 0.717) is 18.1 Å². The number of hydrogen-bond acceptors (Lipinski definition) is 4. The lowest BCUT2D eigenvalue weighted by molar-refractivity contribution is -0.114. The monoisotopic (exact) mass is 344 g/mol. The van der Waals surface area contributed by atoms with Gasteiger partial charge in [-0.2, -0.15) is 0 Å². The third-order valence-electron chi connectivity index (χ3n) is 3.39. The molecular weight excluding hydrogens is 320 g/mol. The average molecular weight is 344 g/mol. The molecule has 0 aliphatic rings. The van der Waals surface area contributed by atoms with Crippen LogP contribution in [-0.2, 0) is 23.3 Å². The molecule has 0 bridgehead atoms. The number of urea groups is 1. The van der Waals surface area contributed by atoms with E-state index < -0.39 is 0 Å². The van der Waals surface area contributed by atoms with E-state index in [-0.39, 0.29) is 23.9 Å². The second kappa shape index (κ2) is 7.83. The molecule has 7 heteroatoms. The molecule has 0 aliphatic heterocycles. The second-order valence-electron chi connectivity index (χ2n) is 6.79. The van der Waals surface area contributed by atoms with E-state index >= 15 is 0 Å². The molecule has 1 aromatic heterocycles. The van der Waals surface area contributed by atoms with Crippen LogP contribution in [0.2, 0.25) is 0 Å². The molecule has 0 atom stereocenters. The number of oxazole rings is 1. The van der Waals surface area contributed by atoms with Crippen LogP contribution in [0.25, 0.3) is 0 Å². The predicted molar refractivity (Wildman–Crippen MR) is 95.0 cm³/mol. The van der Waals surface area contributed by atoms with Crippen molar-refractivity contribution in [3.05, 3.63) is 47.7 Å². The summed E-state index contributed by atoms with van der Waals surface area (Å²) in [6.07, 6.45) is 1.68. The number of hydrogen-bond donors (Lipinski definition) is 3. The first-order valence-corrected chi connectivity index (χ1v) is 8.07. The number of amides is 3. The van der Waals surface area contributed by atoms with Gasteiger partial charge in [0.1, 0.15) is 5.76 Å². The summed E-state index contributed by atoms with van der Waals surface area (Å²) in [6.45, 7) is 8.11. The molecule has 0 aliphatic carbocycles. The van der Waals surface area contributed by atoms with Crippen molar-refractivity contribution in [3.8, 4) is 0 Å². The van der Waals surface area contributed by atoms with Crippen LogP contribution in [0.1, 0.15) is 44.9 Å². The standard InChI is InChI=1S/C18H24N4O3/c1-12(23)22-14-7-5-6-13(8-14)9-20-17(24)21-11-16-19-10-15(25-16)18(2,3)4/h5-8,10H,9,11H2,1-4H3,(H,22,23)(H2,20,21,24). The van der Waals surface area contributed by atoms with E-state index in [0.717, 1.165) is 11.3 Å². The maximum Gasteiger partial charge on any atom is 0.315 e. The summed E-state index contributed by atoms with van der Waals surface area (Å²) < 4.78 is 5.62. The van der Waals surface area contributed by atoms with Crippen LogP contribution in [-0.4, -0.2) is 16.9 Å².